The normalized spacial score (nSPS) is 18.6. The predicted octanol–water partition coefficient (Wildman–Crippen LogP) is 2.21. The van der Waals surface area contributed by atoms with Gasteiger partial charge in [-0.05, 0) is 24.7 Å². The third-order valence-electron chi connectivity index (χ3n) is 4.55. The second kappa shape index (κ2) is 5.23. The molecule has 19 heavy (non-hydrogen) atoms. The number of anilines is 1. The van der Waals surface area contributed by atoms with Crippen molar-refractivity contribution >= 4 is 11.6 Å². The Balaban J connectivity index is 2.07. The lowest BCUT2D eigenvalue weighted by Gasteiger charge is -2.38. The fraction of sp³-hybridized carbons (Fsp3) is 0.714. The molecule has 5 heteroatoms. The van der Waals surface area contributed by atoms with Crippen LogP contribution in [0.25, 0.3) is 0 Å². The van der Waals surface area contributed by atoms with Crippen LogP contribution in [0.15, 0.2) is 0 Å². The van der Waals surface area contributed by atoms with Crippen LogP contribution in [0.3, 0.4) is 0 Å². The van der Waals surface area contributed by atoms with Gasteiger partial charge >= 0.3 is 0 Å². The Morgan fingerprint density at radius 1 is 1.42 bits per heavy atom. The van der Waals surface area contributed by atoms with Gasteiger partial charge < -0.3 is 10.6 Å². The number of nitrogens with one attached hydrogen (secondary N) is 1. The number of aromatic nitrogens is 2. The second-order valence-electron chi connectivity index (χ2n) is 5.77. The van der Waals surface area contributed by atoms with Gasteiger partial charge in [0.1, 0.15) is 0 Å². The Hall–Kier alpha value is -1.52. The molecule has 1 fully saturated rings. The fourth-order valence-electron chi connectivity index (χ4n) is 2.57. The smallest absolute Gasteiger partial charge is 0.276 e. The van der Waals surface area contributed by atoms with Crippen molar-refractivity contribution in [1.29, 1.82) is 0 Å². The molecule has 1 aromatic rings. The number of carbonyl (C=O) groups is 1. The summed E-state index contributed by atoms with van der Waals surface area (Å²) in [5.74, 6) is -0.0356. The minimum atomic E-state index is -0.0356. The number of aryl methyl sites for hydroxylation is 1. The Morgan fingerprint density at radius 3 is 2.53 bits per heavy atom. The Bertz CT molecular complexity index is 458. The molecule has 0 aliphatic carbocycles. The van der Waals surface area contributed by atoms with Gasteiger partial charge in [0, 0.05) is 13.1 Å². The van der Waals surface area contributed by atoms with E-state index in [1.807, 2.05) is 11.8 Å². The summed E-state index contributed by atoms with van der Waals surface area (Å²) in [6.07, 6.45) is 4.04. The average molecular weight is 264 g/mol. The zero-order valence-electron chi connectivity index (χ0n) is 12.1. The molecular formula is C14H24N4O. The molecule has 0 aromatic carbocycles. The van der Waals surface area contributed by atoms with Gasteiger partial charge in [0.15, 0.2) is 5.69 Å². The van der Waals surface area contributed by atoms with E-state index < -0.39 is 0 Å². The molecule has 5 nitrogen and oxygen atoms in total. The van der Waals surface area contributed by atoms with E-state index in [2.05, 4.69) is 24.0 Å². The van der Waals surface area contributed by atoms with E-state index >= 15 is 0 Å². The van der Waals surface area contributed by atoms with E-state index in [1.54, 1.807) is 0 Å². The zero-order chi connectivity index (χ0) is 14.0. The van der Waals surface area contributed by atoms with Crippen molar-refractivity contribution in [2.24, 2.45) is 5.41 Å². The number of hydrogen-bond acceptors (Lipinski definition) is 3. The van der Waals surface area contributed by atoms with Gasteiger partial charge in [-0.3, -0.25) is 9.89 Å². The van der Waals surface area contributed by atoms with Crippen molar-refractivity contribution in [3.63, 3.8) is 0 Å². The van der Waals surface area contributed by atoms with Crippen molar-refractivity contribution in [3.8, 4) is 0 Å². The number of carbonyl (C=O) groups excluding carboxylic acids is 1. The van der Waals surface area contributed by atoms with Crippen LogP contribution in [-0.2, 0) is 6.42 Å². The van der Waals surface area contributed by atoms with Crippen LogP contribution in [0.1, 0.15) is 56.2 Å². The third kappa shape index (κ3) is 2.60. The van der Waals surface area contributed by atoms with Crippen molar-refractivity contribution in [3.05, 3.63) is 11.4 Å². The highest BCUT2D eigenvalue weighted by molar-refractivity contribution is 5.97. The van der Waals surface area contributed by atoms with Crippen LogP contribution in [0.4, 0.5) is 5.69 Å². The van der Waals surface area contributed by atoms with E-state index in [4.69, 9.17) is 5.73 Å². The third-order valence-corrected chi connectivity index (χ3v) is 4.55. The van der Waals surface area contributed by atoms with Crippen molar-refractivity contribution in [2.75, 3.05) is 18.8 Å². The SMILES string of the molecule is CCc1[nH]nc(C(=O)N2CCC(C)(CC)CC2)c1N. The summed E-state index contributed by atoms with van der Waals surface area (Å²) in [7, 11) is 0. The summed E-state index contributed by atoms with van der Waals surface area (Å²) in [4.78, 5) is 14.3. The maximum absolute atomic E-state index is 12.4. The molecular weight excluding hydrogens is 240 g/mol. The van der Waals surface area contributed by atoms with Crippen LogP contribution in [0, 0.1) is 5.41 Å². The molecule has 0 spiro atoms. The summed E-state index contributed by atoms with van der Waals surface area (Å²) >= 11 is 0. The molecule has 0 radical (unpaired) electrons. The monoisotopic (exact) mass is 264 g/mol. The second-order valence-corrected chi connectivity index (χ2v) is 5.77. The van der Waals surface area contributed by atoms with E-state index in [0.717, 1.165) is 38.0 Å². The van der Waals surface area contributed by atoms with Gasteiger partial charge in [0.05, 0.1) is 11.4 Å². The molecule has 1 aliphatic heterocycles. The molecule has 2 heterocycles. The predicted molar refractivity (Wildman–Crippen MR) is 75.9 cm³/mol. The highest BCUT2D eigenvalue weighted by Crippen LogP contribution is 2.34. The first-order chi connectivity index (χ1) is 9.00. The molecule has 0 saturated carbocycles. The lowest BCUT2D eigenvalue weighted by Crippen LogP contribution is -2.42. The largest absolute Gasteiger partial charge is 0.395 e. The molecule has 0 atom stereocenters. The number of rotatable bonds is 3. The Kier molecular flexibility index (Phi) is 3.83. The first-order valence-corrected chi connectivity index (χ1v) is 7.12. The average Bonchev–Trinajstić information content (AvgIpc) is 2.80. The number of hydrogen-bond donors (Lipinski definition) is 2. The van der Waals surface area contributed by atoms with Crippen LogP contribution < -0.4 is 5.73 Å². The number of piperidine rings is 1. The zero-order valence-corrected chi connectivity index (χ0v) is 12.1. The minimum Gasteiger partial charge on any atom is -0.395 e. The number of nitrogen functional groups attached to an aromatic ring is 1. The highest BCUT2D eigenvalue weighted by atomic mass is 16.2. The maximum atomic E-state index is 12.4. The van der Waals surface area contributed by atoms with E-state index in [9.17, 15) is 4.79 Å². The fourth-order valence-corrected chi connectivity index (χ4v) is 2.57. The first-order valence-electron chi connectivity index (χ1n) is 7.12. The number of aromatic amines is 1. The molecule has 1 aromatic heterocycles. The van der Waals surface area contributed by atoms with Gasteiger partial charge in [0.25, 0.3) is 5.91 Å². The molecule has 2 rings (SSSR count). The topological polar surface area (TPSA) is 75.0 Å². The summed E-state index contributed by atoms with van der Waals surface area (Å²) < 4.78 is 0. The van der Waals surface area contributed by atoms with Gasteiger partial charge in [-0.2, -0.15) is 5.10 Å². The molecule has 0 unspecified atom stereocenters. The number of amides is 1. The molecule has 106 valence electrons. The summed E-state index contributed by atoms with van der Waals surface area (Å²) in [6.45, 7) is 8.11. The molecule has 1 amide bonds. The van der Waals surface area contributed by atoms with E-state index in [0.29, 0.717) is 16.8 Å². The van der Waals surface area contributed by atoms with Crippen molar-refractivity contribution in [2.45, 2.75) is 46.5 Å². The number of H-pyrrole nitrogens is 1. The number of nitrogens with two attached hydrogens (primary N) is 1. The van der Waals surface area contributed by atoms with Gasteiger partial charge in [-0.15, -0.1) is 0 Å². The van der Waals surface area contributed by atoms with E-state index in [-0.39, 0.29) is 5.91 Å². The molecule has 1 aliphatic rings. The molecule has 1 saturated heterocycles. The molecule has 3 N–H and O–H groups in total. The summed E-state index contributed by atoms with van der Waals surface area (Å²) in [6, 6.07) is 0. The lowest BCUT2D eigenvalue weighted by molar-refractivity contribution is 0.0595. The Morgan fingerprint density at radius 2 is 2.05 bits per heavy atom. The van der Waals surface area contributed by atoms with Crippen LogP contribution in [-0.4, -0.2) is 34.1 Å². The van der Waals surface area contributed by atoms with Crippen LogP contribution in [0.5, 0.6) is 0 Å². The lowest BCUT2D eigenvalue weighted by atomic mass is 9.78. The number of likely N-dealkylation sites (tertiary alicyclic amines) is 1. The molecule has 0 bridgehead atoms. The van der Waals surface area contributed by atoms with Crippen LogP contribution >= 0.6 is 0 Å². The maximum Gasteiger partial charge on any atom is 0.276 e. The van der Waals surface area contributed by atoms with Gasteiger partial charge in [0.2, 0.25) is 0 Å². The van der Waals surface area contributed by atoms with Gasteiger partial charge in [-0.25, -0.2) is 0 Å². The highest BCUT2D eigenvalue weighted by Gasteiger charge is 2.32. The minimum absolute atomic E-state index is 0.0356. The van der Waals surface area contributed by atoms with Crippen molar-refractivity contribution < 1.29 is 4.79 Å². The van der Waals surface area contributed by atoms with Crippen molar-refractivity contribution in [1.82, 2.24) is 15.1 Å². The quantitative estimate of drug-likeness (QED) is 0.879. The Labute approximate surface area is 114 Å². The van der Waals surface area contributed by atoms with Gasteiger partial charge in [-0.1, -0.05) is 27.2 Å². The standard InChI is InChI=1S/C14H24N4O/c1-4-10-11(15)12(17-16-10)13(19)18-8-6-14(3,5-2)7-9-18/h4-9,15H2,1-3H3,(H,16,17). The van der Waals surface area contributed by atoms with E-state index in [1.165, 1.54) is 6.42 Å². The first kappa shape index (κ1) is 13.9. The van der Waals surface area contributed by atoms with Crippen LogP contribution in [0.2, 0.25) is 0 Å². The summed E-state index contributed by atoms with van der Waals surface area (Å²) in [5.41, 5.74) is 8.08. The summed E-state index contributed by atoms with van der Waals surface area (Å²) in [5, 5.41) is 6.93. The number of nitrogens with zero attached hydrogens (tertiary/aromatic N) is 2.